The molecule has 0 radical (unpaired) electrons. The average molecular weight is 456 g/mol. The number of carbonyl (C=O) groups is 1. The lowest BCUT2D eigenvalue weighted by Gasteiger charge is -2.13. The molecule has 0 fully saturated rings. The largest absolute Gasteiger partial charge is 0.345 e. The molecule has 4 aromatic carbocycles. The average Bonchev–Trinajstić information content (AvgIpc) is 3.25. The molecular weight excluding hydrogens is 430 g/mol. The molecule has 35 heavy (non-hydrogen) atoms. The minimum Gasteiger partial charge on any atom is -0.345 e. The Morgan fingerprint density at radius 2 is 1.60 bits per heavy atom. The summed E-state index contributed by atoms with van der Waals surface area (Å²) in [4.78, 5) is 12.9. The van der Waals surface area contributed by atoms with Crippen LogP contribution in [0.2, 0.25) is 0 Å². The maximum absolute atomic E-state index is 12.9. The number of para-hydroxylation sites is 1. The molecule has 5 rings (SSSR count). The summed E-state index contributed by atoms with van der Waals surface area (Å²) in [6, 6.07) is 34.4. The van der Waals surface area contributed by atoms with Gasteiger partial charge < -0.3 is 9.88 Å². The molecule has 1 atom stereocenters. The van der Waals surface area contributed by atoms with Crippen molar-refractivity contribution >= 4 is 33.7 Å². The number of rotatable bonds is 6. The maximum atomic E-state index is 12.9. The number of nitriles is 1. The molecule has 0 aliphatic rings. The number of nitrogens with zero attached hydrogens (tertiary/aromatic N) is 2. The molecule has 1 heterocycles. The van der Waals surface area contributed by atoms with Gasteiger partial charge in [0.2, 0.25) is 0 Å². The molecule has 0 unspecified atom stereocenters. The molecule has 0 aliphatic heterocycles. The Kier molecular flexibility index (Phi) is 6.15. The first-order valence-corrected chi connectivity index (χ1v) is 11.7. The van der Waals surface area contributed by atoms with Crippen LogP contribution in [0.25, 0.3) is 27.8 Å². The lowest BCUT2D eigenvalue weighted by Crippen LogP contribution is -2.27. The molecule has 0 saturated heterocycles. The van der Waals surface area contributed by atoms with Crippen molar-refractivity contribution in [2.45, 2.75) is 19.5 Å². The lowest BCUT2D eigenvalue weighted by atomic mass is 10.0. The molecule has 4 nitrogen and oxygen atoms in total. The summed E-state index contributed by atoms with van der Waals surface area (Å²) < 4.78 is 2.18. The zero-order chi connectivity index (χ0) is 24.2. The summed E-state index contributed by atoms with van der Waals surface area (Å²) >= 11 is 0. The van der Waals surface area contributed by atoms with Crippen LogP contribution in [0, 0.1) is 11.3 Å². The maximum Gasteiger partial charge on any atom is 0.262 e. The van der Waals surface area contributed by atoms with Crippen molar-refractivity contribution < 1.29 is 4.79 Å². The van der Waals surface area contributed by atoms with Gasteiger partial charge in [-0.15, -0.1) is 0 Å². The third-order valence-electron chi connectivity index (χ3n) is 6.35. The van der Waals surface area contributed by atoms with E-state index in [-0.39, 0.29) is 17.5 Å². The first kappa shape index (κ1) is 22.2. The van der Waals surface area contributed by atoms with E-state index >= 15 is 0 Å². The van der Waals surface area contributed by atoms with E-state index in [9.17, 15) is 10.1 Å². The third-order valence-corrected chi connectivity index (χ3v) is 6.35. The van der Waals surface area contributed by atoms with Crippen molar-refractivity contribution in [1.82, 2.24) is 9.88 Å². The molecule has 170 valence electrons. The number of aromatic nitrogens is 1. The fraction of sp³-hybridized carbons (Fsp3) is 0.0968. The van der Waals surface area contributed by atoms with E-state index in [0.29, 0.717) is 6.54 Å². The summed E-state index contributed by atoms with van der Waals surface area (Å²) in [6.45, 7) is 2.60. The van der Waals surface area contributed by atoms with Crippen LogP contribution in [0.1, 0.15) is 29.7 Å². The third kappa shape index (κ3) is 4.58. The van der Waals surface area contributed by atoms with Crippen molar-refractivity contribution in [3.63, 3.8) is 0 Å². The fourth-order valence-electron chi connectivity index (χ4n) is 4.54. The molecule has 0 aliphatic carbocycles. The van der Waals surface area contributed by atoms with Crippen LogP contribution in [0.3, 0.4) is 0 Å². The van der Waals surface area contributed by atoms with Gasteiger partial charge in [-0.3, -0.25) is 4.79 Å². The smallest absolute Gasteiger partial charge is 0.262 e. The van der Waals surface area contributed by atoms with Crippen LogP contribution in [0.15, 0.2) is 109 Å². The van der Waals surface area contributed by atoms with Crippen LogP contribution in [-0.4, -0.2) is 10.5 Å². The second-order valence-electron chi connectivity index (χ2n) is 8.64. The topological polar surface area (TPSA) is 57.8 Å². The minimum absolute atomic E-state index is 0.0841. The molecule has 5 aromatic rings. The second-order valence-corrected chi connectivity index (χ2v) is 8.64. The highest BCUT2D eigenvalue weighted by molar-refractivity contribution is 6.04. The summed E-state index contributed by atoms with van der Waals surface area (Å²) in [5.74, 6) is -0.380. The molecule has 1 amide bonds. The van der Waals surface area contributed by atoms with E-state index in [4.69, 9.17) is 0 Å². The van der Waals surface area contributed by atoms with E-state index in [1.807, 2.05) is 67.7 Å². The molecule has 0 saturated carbocycles. The van der Waals surface area contributed by atoms with Crippen molar-refractivity contribution in [3.05, 3.63) is 126 Å². The van der Waals surface area contributed by atoms with Gasteiger partial charge in [0, 0.05) is 29.2 Å². The monoisotopic (exact) mass is 455 g/mol. The predicted octanol–water partition coefficient (Wildman–Crippen LogP) is 6.63. The Labute approximate surface area is 204 Å². The quantitative estimate of drug-likeness (QED) is 0.231. The Morgan fingerprint density at radius 1 is 0.914 bits per heavy atom. The normalized spacial score (nSPS) is 12.4. The Morgan fingerprint density at radius 3 is 2.40 bits per heavy atom. The van der Waals surface area contributed by atoms with Gasteiger partial charge in [-0.1, -0.05) is 91.0 Å². The standard InChI is InChI=1S/C31H25N3O/c1-22(23-10-3-2-4-11-23)33-31(35)26(19-32)18-27-21-34(30-17-8-7-16-29(27)30)20-25-14-9-13-24-12-5-6-15-28(24)25/h2-18,21-22H,20H2,1H3,(H,33,35)/b26-18-/t22-/m1/s1. The number of hydrogen-bond acceptors (Lipinski definition) is 2. The highest BCUT2D eigenvalue weighted by atomic mass is 16.1. The molecule has 1 N–H and O–H groups in total. The number of nitrogens with one attached hydrogen (secondary N) is 1. The first-order valence-electron chi connectivity index (χ1n) is 11.7. The molecule has 4 heteroatoms. The number of benzene rings is 4. The van der Waals surface area contributed by atoms with Gasteiger partial charge in [-0.05, 0) is 41.0 Å². The van der Waals surface area contributed by atoms with Crippen LogP contribution >= 0.6 is 0 Å². The van der Waals surface area contributed by atoms with Gasteiger partial charge in [-0.25, -0.2) is 0 Å². The van der Waals surface area contributed by atoms with Gasteiger partial charge >= 0.3 is 0 Å². The summed E-state index contributed by atoms with van der Waals surface area (Å²) in [5, 5.41) is 16.2. The molecule has 0 spiro atoms. The van der Waals surface area contributed by atoms with E-state index in [0.717, 1.165) is 22.0 Å². The fourth-order valence-corrected chi connectivity index (χ4v) is 4.54. The van der Waals surface area contributed by atoms with Gasteiger partial charge in [0.1, 0.15) is 11.6 Å². The summed E-state index contributed by atoms with van der Waals surface area (Å²) in [7, 11) is 0. The van der Waals surface area contributed by atoms with E-state index in [1.165, 1.54) is 16.3 Å². The Bertz CT molecular complexity index is 1580. The van der Waals surface area contributed by atoms with Crippen molar-refractivity contribution in [2.75, 3.05) is 0 Å². The van der Waals surface area contributed by atoms with Gasteiger partial charge in [0.25, 0.3) is 5.91 Å². The highest BCUT2D eigenvalue weighted by Crippen LogP contribution is 2.27. The number of amides is 1. The Hall–Kier alpha value is -4.62. The van der Waals surface area contributed by atoms with Crippen LogP contribution < -0.4 is 5.32 Å². The lowest BCUT2D eigenvalue weighted by molar-refractivity contribution is -0.117. The van der Waals surface area contributed by atoms with Crippen LogP contribution in [-0.2, 0) is 11.3 Å². The number of hydrogen-bond donors (Lipinski definition) is 1. The SMILES string of the molecule is C[C@@H](NC(=O)/C(C#N)=C\c1cn(Cc2cccc3ccccc23)c2ccccc12)c1ccccc1. The van der Waals surface area contributed by atoms with Gasteiger partial charge in [-0.2, -0.15) is 5.26 Å². The van der Waals surface area contributed by atoms with Gasteiger partial charge in [0.15, 0.2) is 0 Å². The van der Waals surface area contributed by atoms with E-state index in [2.05, 4.69) is 58.4 Å². The Balaban J connectivity index is 1.48. The zero-order valence-corrected chi connectivity index (χ0v) is 19.5. The summed E-state index contributed by atoms with van der Waals surface area (Å²) in [6.07, 6.45) is 3.71. The second kappa shape index (κ2) is 9.70. The highest BCUT2D eigenvalue weighted by Gasteiger charge is 2.16. The van der Waals surface area contributed by atoms with Crippen molar-refractivity contribution in [3.8, 4) is 6.07 Å². The number of carbonyl (C=O) groups excluding carboxylic acids is 1. The van der Waals surface area contributed by atoms with Gasteiger partial charge in [0.05, 0.1) is 6.04 Å². The number of fused-ring (bicyclic) bond motifs is 2. The summed E-state index contributed by atoms with van der Waals surface area (Å²) in [5.41, 5.74) is 4.20. The predicted molar refractivity (Wildman–Crippen MR) is 142 cm³/mol. The van der Waals surface area contributed by atoms with Crippen LogP contribution in [0.5, 0.6) is 0 Å². The molecule has 0 bridgehead atoms. The molecule has 1 aromatic heterocycles. The van der Waals surface area contributed by atoms with Crippen molar-refractivity contribution in [1.29, 1.82) is 5.26 Å². The van der Waals surface area contributed by atoms with Crippen LogP contribution in [0.4, 0.5) is 0 Å². The van der Waals surface area contributed by atoms with E-state index < -0.39 is 0 Å². The van der Waals surface area contributed by atoms with Crippen molar-refractivity contribution in [2.24, 2.45) is 0 Å². The van der Waals surface area contributed by atoms with E-state index in [1.54, 1.807) is 6.08 Å². The minimum atomic E-state index is -0.380. The first-order chi connectivity index (χ1) is 17.1. The zero-order valence-electron chi connectivity index (χ0n) is 19.5. The molecular formula is C31H25N3O.